The minimum absolute atomic E-state index is 0.0648. The van der Waals surface area contributed by atoms with Crippen LogP contribution in [0.25, 0.3) is 0 Å². The average molecular weight is 455 g/mol. The van der Waals surface area contributed by atoms with Gasteiger partial charge in [0.25, 0.3) is 0 Å². The van der Waals surface area contributed by atoms with Gasteiger partial charge in [0, 0.05) is 19.5 Å². The van der Waals surface area contributed by atoms with E-state index in [9.17, 15) is 19.2 Å². The van der Waals surface area contributed by atoms with E-state index >= 15 is 0 Å². The molecule has 0 saturated carbocycles. The Hall–Kier alpha value is -2.36. The molecule has 0 radical (unpaired) electrons. The molecule has 2 aliphatic rings. The van der Waals surface area contributed by atoms with Crippen molar-refractivity contribution in [1.82, 2.24) is 20.9 Å². The second-order valence-corrected chi connectivity index (χ2v) is 9.72. The van der Waals surface area contributed by atoms with Crippen molar-refractivity contribution in [2.45, 2.75) is 77.5 Å². The van der Waals surface area contributed by atoms with Gasteiger partial charge in [-0.25, -0.2) is 4.79 Å². The largest absolute Gasteiger partial charge is 0.481 e. The molecule has 182 valence electrons. The Morgan fingerprint density at radius 2 is 1.81 bits per heavy atom. The fraction of sp³-hybridized carbons (Fsp3) is 0.818. The number of piperidine rings is 2. The molecule has 0 bridgehead atoms. The Kier molecular flexibility index (Phi) is 9.74. The van der Waals surface area contributed by atoms with E-state index in [4.69, 9.17) is 9.84 Å². The first kappa shape index (κ1) is 25.9. The van der Waals surface area contributed by atoms with Crippen molar-refractivity contribution in [2.24, 2.45) is 11.8 Å². The number of carboxylic acid groups (broad SMARTS) is 1. The third kappa shape index (κ3) is 9.42. The van der Waals surface area contributed by atoms with Gasteiger partial charge in [-0.2, -0.15) is 0 Å². The maximum Gasteiger partial charge on any atom is 0.409 e. The lowest BCUT2D eigenvalue weighted by Crippen LogP contribution is -2.53. The molecule has 2 aliphatic heterocycles. The molecule has 0 aromatic rings. The van der Waals surface area contributed by atoms with Crippen LogP contribution in [0.2, 0.25) is 0 Å². The lowest BCUT2D eigenvalue weighted by atomic mass is 9.92. The second-order valence-electron chi connectivity index (χ2n) is 9.72. The van der Waals surface area contributed by atoms with Gasteiger partial charge in [-0.3, -0.25) is 14.4 Å². The first-order valence-electron chi connectivity index (χ1n) is 11.5. The minimum atomic E-state index is -1.16. The molecule has 32 heavy (non-hydrogen) atoms. The Balaban J connectivity index is 1.86. The number of rotatable bonds is 8. The maximum atomic E-state index is 12.8. The summed E-state index contributed by atoms with van der Waals surface area (Å²) in [6, 6.07) is 0. The van der Waals surface area contributed by atoms with Gasteiger partial charge in [0.2, 0.25) is 11.8 Å². The van der Waals surface area contributed by atoms with Crippen LogP contribution >= 0.6 is 0 Å². The molecule has 2 atom stereocenters. The highest BCUT2D eigenvalue weighted by Crippen LogP contribution is 2.21. The average Bonchev–Trinajstić information content (AvgIpc) is 2.70. The lowest BCUT2D eigenvalue weighted by molar-refractivity contribution is -0.138. The number of hydrogen-bond donors (Lipinski definition) is 4. The van der Waals surface area contributed by atoms with E-state index in [0.717, 1.165) is 32.4 Å². The number of carbonyl (C=O) groups is 4. The molecule has 3 amide bonds. The van der Waals surface area contributed by atoms with E-state index in [1.54, 1.807) is 25.7 Å². The van der Waals surface area contributed by atoms with Crippen LogP contribution in [-0.4, -0.2) is 71.8 Å². The summed E-state index contributed by atoms with van der Waals surface area (Å²) in [7, 11) is 0. The molecule has 4 N–H and O–H groups in total. The zero-order valence-electron chi connectivity index (χ0n) is 19.4. The summed E-state index contributed by atoms with van der Waals surface area (Å²) in [5.41, 5.74) is -0.750. The molecular formula is C22H38N4O6. The van der Waals surface area contributed by atoms with Gasteiger partial charge in [-0.05, 0) is 71.9 Å². The Morgan fingerprint density at radius 1 is 1.12 bits per heavy atom. The molecule has 10 nitrogen and oxygen atoms in total. The summed E-state index contributed by atoms with van der Waals surface area (Å²) < 4.78 is 5.15. The number of carbonyl (C=O) groups excluding carboxylic acids is 3. The number of ether oxygens (including phenoxy) is 1. The topological polar surface area (TPSA) is 137 Å². The number of amides is 3. The zero-order valence-corrected chi connectivity index (χ0v) is 19.4. The Morgan fingerprint density at radius 3 is 2.44 bits per heavy atom. The molecule has 0 unspecified atom stereocenters. The van der Waals surface area contributed by atoms with Crippen LogP contribution in [0, 0.1) is 11.8 Å². The predicted octanol–water partition coefficient (Wildman–Crippen LogP) is 1.45. The maximum absolute atomic E-state index is 12.8. The molecule has 2 heterocycles. The van der Waals surface area contributed by atoms with Crippen LogP contribution in [0.5, 0.6) is 0 Å². The van der Waals surface area contributed by atoms with E-state index < -0.39 is 36.2 Å². The number of carboxylic acids is 1. The van der Waals surface area contributed by atoms with Crippen LogP contribution in [0.4, 0.5) is 4.79 Å². The minimum Gasteiger partial charge on any atom is -0.481 e. The first-order valence-corrected chi connectivity index (χ1v) is 11.5. The summed E-state index contributed by atoms with van der Waals surface area (Å²) in [4.78, 5) is 50.4. The number of alkyl carbamates (subject to hydrolysis) is 1. The molecule has 0 spiro atoms. The number of nitrogens with zero attached hydrogens (tertiary/aromatic N) is 1. The van der Waals surface area contributed by atoms with Crippen molar-refractivity contribution in [3.05, 3.63) is 0 Å². The number of hydrogen-bond acceptors (Lipinski definition) is 6. The fourth-order valence-corrected chi connectivity index (χ4v) is 4.13. The molecule has 10 heteroatoms. The van der Waals surface area contributed by atoms with E-state index in [1.165, 1.54) is 0 Å². The summed E-state index contributed by atoms with van der Waals surface area (Å²) in [5, 5.41) is 17.5. The van der Waals surface area contributed by atoms with E-state index in [1.807, 2.05) is 0 Å². The van der Waals surface area contributed by atoms with Crippen molar-refractivity contribution in [3.63, 3.8) is 0 Å². The SMILES string of the molecule is CC(C)(C)OC(=O)N[C@H](CC(=O)O)NC(=O)[C@@H]1CCCN(C(=O)CCC2CCNCC2)C1. The van der Waals surface area contributed by atoms with Crippen molar-refractivity contribution < 1.29 is 29.0 Å². The van der Waals surface area contributed by atoms with Crippen molar-refractivity contribution in [3.8, 4) is 0 Å². The smallest absolute Gasteiger partial charge is 0.409 e. The number of nitrogens with one attached hydrogen (secondary N) is 3. The molecule has 0 aliphatic carbocycles. The summed E-state index contributed by atoms with van der Waals surface area (Å²) in [5.74, 6) is -1.34. The van der Waals surface area contributed by atoms with Gasteiger partial charge in [-0.1, -0.05) is 0 Å². The van der Waals surface area contributed by atoms with E-state index in [2.05, 4.69) is 16.0 Å². The summed E-state index contributed by atoms with van der Waals surface area (Å²) in [6.45, 7) is 8.01. The highest BCUT2D eigenvalue weighted by molar-refractivity contribution is 5.82. The van der Waals surface area contributed by atoms with Gasteiger partial charge in [0.15, 0.2) is 0 Å². The van der Waals surface area contributed by atoms with Crippen molar-refractivity contribution >= 4 is 23.9 Å². The van der Waals surface area contributed by atoms with E-state index in [-0.39, 0.29) is 11.8 Å². The third-order valence-electron chi connectivity index (χ3n) is 5.76. The van der Waals surface area contributed by atoms with Crippen molar-refractivity contribution in [2.75, 3.05) is 26.2 Å². The highest BCUT2D eigenvalue weighted by atomic mass is 16.6. The lowest BCUT2D eigenvalue weighted by Gasteiger charge is -2.33. The third-order valence-corrected chi connectivity index (χ3v) is 5.76. The molecule has 0 aromatic heterocycles. The number of likely N-dealkylation sites (tertiary alicyclic amines) is 1. The highest BCUT2D eigenvalue weighted by Gasteiger charge is 2.31. The van der Waals surface area contributed by atoms with Crippen LogP contribution < -0.4 is 16.0 Å². The molecule has 0 aromatic carbocycles. The second kappa shape index (κ2) is 12.0. The van der Waals surface area contributed by atoms with Gasteiger partial charge in [-0.15, -0.1) is 0 Å². The summed E-state index contributed by atoms with van der Waals surface area (Å²) >= 11 is 0. The van der Waals surface area contributed by atoms with Crippen LogP contribution in [0.15, 0.2) is 0 Å². The predicted molar refractivity (Wildman–Crippen MR) is 118 cm³/mol. The molecule has 2 rings (SSSR count). The molecular weight excluding hydrogens is 416 g/mol. The van der Waals surface area contributed by atoms with Crippen LogP contribution in [-0.2, 0) is 19.1 Å². The quantitative estimate of drug-likeness (QED) is 0.407. The van der Waals surface area contributed by atoms with E-state index in [0.29, 0.717) is 38.3 Å². The molecule has 2 saturated heterocycles. The summed E-state index contributed by atoms with van der Waals surface area (Å²) in [6.07, 6.45) is 2.48. The van der Waals surface area contributed by atoms with Crippen molar-refractivity contribution in [1.29, 1.82) is 0 Å². The van der Waals surface area contributed by atoms with Gasteiger partial charge in [0.05, 0.1) is 12.3 Å². The van der Waals surface area contributed by atoms with Gasteiger partial charge >= 0.3 is 12.1 Å². The Bertz CT molecular complexity index is 672. The van der Waals surface area contributed by atoms with Gasteiger partial charge < -0.3 is 30.7 Å². The van der Waals surface area contributed by atoms with Crippen LogP contribution in [0.3, 0.4) is 0 Å². The zero-order chi connectivity index (χ0) is 23.7. The molecule has 2 fully saturated rings. The fourth-order valence-electron chi connectivity index (χ4n) is 4.13. The van der Waals surface area contributed by atoms with Crippen LogP contribution in [0.1, 0.15) is 65.7 Å². The number of aliphatic carboxylic acids is 1. The normalized spacial score (nSPS) is 20.8. The standard InChI is InChI=1S/C22H38N4O6/c1-22(2,3)32-21(31)25-17(13-19(28)29)24-20(30)16-5-4-12-26(14-16)18(27)7-6-15-8-10-23-11-9-15/h15-17,23H,4-14H2,1-3H3,(H,24,30)(H,25,31)(H,28,29)/t16-,17-/m1/s1. The Labute approximate surface area is 189 Å². The first-order chi connectivity index (χ1) is 15.0. The monoisotopic (exact) mass is 454 g/mol. The van der Waals surface area contributed by atoms with Gasteiger partial charge in [0.1, 0.15) is 11.8 Å².